The van der Waals surface area contributed by atoms with Crippen LogP contribution >= 0.6 is 0 Å². The maximum Gasteiger partial charge on any atom is 0.311 e. The van der Waals surface area contributed by atoms with Gasteiger partial charge >= 0.3 is 11.2 Å². The highest BCUT2D eigenvalue weighted by Gasteiger charge is 2.29. The lowest BCUT2D eigenvalue weighted by Gasteiger charge is -2.19. The van der Waals surface area contributed by atoms with Crippen molar-refractivity contribution in [2.24, 2.45) is 5.41 Å². The lowest BCUT2D eigenvalue weighted by Crippen LogP contribution is -2.24. The predicted octanol–water partition coefficient (Wildman–Crippen LogP) is 2.22. The number of hydrogen-bond donors (Lipinski definition) is 0. The van der Waals surface area contributed by atoms with E-state index in [9.17, 15) is 22.3 Å². The van der Waals surface area contributed by atoms with Gasteiger partial charge in [0.05, 0.1) is 12.0 Å². The highest BCUT2D eigenvalue weighted by atomic mass is 32.2. The molecular weight excluding hydrogens is 254 g/mol. The highest BCUT2D eigenvalue weighted by Crippen LogP contribution is 2.24. The lowest BCUT2D eigenvalue weighted by molar-refractivity contribution is -0.153. The molecule has 0 spiro atoms. The first-order valence-corrected chi connectivity index (χ1v) is 6.29. The van der Waals surface area contributed by atoms with Crippen LogP contribution in [0.3, 0.4) is 0 Å². The van der Waals surface area contributed by atoms with Crippen LogP contribution in [0.25, 0.3) is 0 Å². The summed E-state index contributed by atoms with van der Waals surface area (Å²) in [7, 11) is 0. The van der Waals surface area contributed by atoms with Gasteiger partial charge in [-0.25, -0.2) is 0 Å². The summed E-state index contributed by atoms with van der Waals surface area (Å²) in [4.78, 5) is 11.3. The summed E-state index contributed by atoms with van der Waals surface area (Å²) in [5.74, 6) is -0.406. The Kier molecular flexibility index (Phi) is 6.18. The molecule has 0 aliphatic rings. The third-order valence-electron chi connectivity index (χ3n) is 1.95. The summed E-state index contributed by atoms with van der Waals surface area (Å²) in [6, 6.07) is 0. The summed E-state index contributed by atoms with van der Waals surface area (Å²) in [5, 5.41) is -3.70. The summed E-state index contributed by atoms with van der Waals surface area (Å²) >= 11 is -3.40. The van der Waals surface area contributed by atoms with Crippen LogP contribution in [0, 0.1) is 5.41 Å². The zero-order valence-corrected chi connectivity index (χ0v) is 10.9. The van der Waals surface area contributed by atoms with E-state index in [-0.39, 0.29) is 19.4 Å². The second kappa shape index (κ2) is 6.39. The third kappa shape index (κ3) is 6.68. The first-order chi connectivity index (χ1) is 7.57. The molecule has 0 aliphatic heterocycles. The molecule has 0 amide bonds. The van der Waals surface area contributed by atoms with Gasteiger partial charge in [-0.3, -0.25) is 9.00 Å². The zero-order chi connectivity index (χ0) is 13.7. The second-order valence-electron chi connectivity index (χ2n) is 4.72. The zero-order valence-electron chi connectivity index (χ0n) is 10.1. The number of carbonyl (C=O) groups is 1. The lowest BCUT2D eigenvalue weighted by atomic mass is 9.97. The summed E-state index contributed by atoms with van der Waals surface area (Å²) < 4.78 is 50.2. The normalized spacial score (nSPS) is 14.5. The van der Waals surface area contributed by atoms with Crippen LogP contribution in [0.5, 0.6) is 0 Å². The maximum atomic E-state index is 12.6. The fourth-order valence-electron chi connectivity index (χ4n) is 0.898. The van der Waals surface area contributed by atoms with Crippen molar-refractivity contribution < 1.29 is 27.1 Å². The highest BCUT2D eigenvalue weighted by molar-refractivity contribution is 7.80. The number of esters is 1. The van der Waals surface area contributed by atoms with Crippen molar-refractivity contribution >= 4 is 17.0 Å². The molecule has 0 aromatic carbocycles. The van der Waals surface area contributed by atoms with Gasteiger partial charge < -0.3 is 9.29 Å². The molecule has 0 N–H and O–H groups in total. The fraction of sp³-hybridized carbons (Fsp3) is 0.900. The smallest absolute Gasteiger partial charge is 0.311 e. The number of hydrogen-bond acceptors (Lipinski definition) is 4. The minimum atomic E-state index is -3.70. The fourth-order valence-corrected chi connectivity index (χ4v) is 1.21. The summed E-state index contributed by atoms with van der Waals surface area (Å²) in [6.45, 7) is 5.08. The van der Waals surface area contributed by atoms with Crippen LogP contribution in [0.2, 0.25) is 0 Å². The number of unbranched alkanes of at least 4 members (excludes halogenated alkanes) is 1. The van der Waals surface area contributed by atoms with Gasteiger partial charge in [0.25, 0.3) is 0 Å². The molecule has 0 fully saturated rings. The van der Waals surface area contributed by atoms with Crippen molar-refractivity contribution in [1.82, 2.24) is 0 Å². The number of halogens is 2. The molecule has 17 heavy (non-hydrogen) atoms. The van der Waals surface area contributed by atoms with E-state index in [1.54, 1.807) is 20.8 Å². The molecule has 0 radical (unpaired) electrons. The molecule has 1 atom stereocenters. The Bertz CT molecular complexity index is 287. The number of carbonyl (C=O) groups excluding carboxylic acids is 1. The Morgan fingerprint density at radius 2 is 1.82 bits per heavy atom. The van der Waals surface area contributed by atoms with Gasteiger partial charge in [-0.2, -0.15) is 8.78 Å². The minimum absolute atomic E-state index is 0.0155. The van der Waals surface area contributed by atoms with E-state index in [1.807, 2.05) is 0 Å². The van der Waals surface area contributed by atoms with Crippen molar-refractivity contribution in [3.63, 3.8) is 0 Å². The molecule has 7 heteroatoms. The minimum Gasteiger partial charge on any atom is -0.768 e. The Hall–Kier alpha value is -0.560. The number of rotatable bonds is 6. The first kappa shape index (κ1) is 16.4. The molecule has 102 valence electrons. The molecule has 0 bridgehead atoms. The summed E-state index contributed by atoms with van der Waals surface area (Å²) in [6.07, 6.45) is -0.552. The van der Waals surface area contributed by atoms with Gasteiger partial charge in [-0.05, 0) is 33.6 Å². The Balaban J connectivity index is 3.75. The van der Waals surface area contributed by atoms with E-state index < -0.39 is 34.1 Å². The number of ether oxygens (including phenoxy) is 1. The molecule has 0 aromatic heterocycles. The van der Waals surface area contributed by atoms with Gasteiger partial charge in [-0.15, -0.1) is 0 Å². The SMILES string of the molecule is CC(C)(C)C(=O)OCCCCC(F)(F)S(=O)[O-]. The maximum absolute atomic E-state index is 12.6. The van der Waals surface area contributed by atoms with Crippen LogP contribution in [-0.2, 0) is 20.6 Å². The van der Waals surface area contributed by atoms with E-state index in [4.69, 9.17) is 4.74 Å². The monoisotopic (exact) mass is 271 g/mol. The van der Waals surface area contributed by atoms with E-state index >= 15 is 0 Å². The molecule has 0 rings (SSSR count). The van der Waals surface area contributed by atoms with Crippen LogP contribution in [0.4, 0.5) is 8.78 Å². The van der Waals surface area contributed by atoms with Gasteiger partial charge in [-0.1, -0.05) is 0 Å². The van der Waals surface area contributed by atoms with Crippen molar-refractivity contribution in [2.45, 2.75) is 45.3 Å². The molecular formula is C10H17F2O4S-. The van der Waals surface area contributed by atoms with Crippen LogP contribution in [0.15, 0.2) is 0 Å². The van der Waals surface area contributed by atoms with Crippen LogP contribution < -0.4 is 0 Å². The average molecular weight is 271 g/mol. The third-order valence-corrected chi connectivity index (χ3v) is 2.64. The van der Waals surface area contributed by atoms with Crippen molar-refractivity contribution in [3.05, 3.63) is 0 Å². The van der Waals surface area contributed by atoms with E-state index in [1.165, 1.54) is 0 Å². The number of alkyl halides is 2. The molecule has 0 saturated carbocycles. The van der Waals surface area contributed by atoms with E-state index in [0.717, 1.165) is 0 Å². The quantitative estimate of drug-likeness (QED) is 0.422. The molecule has 0 aromatic rings. The van der Waals surface area contributed by atoms with Crippen molar-refractivity contribution in [1.29, 1.82) is 0 Å². The Morgan fingerprint density at radius 1 is 1.29 bits per heavy atom. The largest absolute Gasteiger partial charge is 0.768 e. The van der Waals surface area contributed by atoms with Gasteiger partial charge in [0.15, 0.2) is 0 Å². The first-order valence-electron chi connectivity index (χ1n) is 5.22. The second-order valence-corrected chi connectivity index (χ2v) is 5.78. The molecule has 0 saturated heterocycles. The van der Waals surface area contributed by atoms with Gasteiger partial charge in [0, 0.05) is 17.5 Å². The Morgan fingerprint density at radius 3 is 2.24 bits per heavy atom. The predicted molar refractivity (Wildman–Crippen MR) is 58.1 cm³/mol. The molecule has 0 heterocycles. The van der Waals surface area contributed by atoms with Crippen molar-refractivity contribution in [3.8, 4) is 0 Å². The topological polar surface area (TPSA) is 66.4 Å². The van der Waals surface area contributed by atoms with Gasteiger partial charge in [0.2, 0.25) is 0 Å². The van der Waals surface area contributed by atoms with Crippen LogP contribution in [0.1, 0.15) is 40.0 Å². The molecule has 1 unspecified atom stereocenters. The van der Waals surface area contributed by atoms with Crippen molar-refractivity contribution in [2.75, 3.05) is 6.61 Å². The average Bonchev–Trinajstić information content (AvgIpc) is 2.15. The van der Waals surface area contributed by atoms with Crippen LogP contribution in [-0.4, -0.2) is 26.6 Å². The standard InChI is InChI=1S/C10H18F2O4S/c1-9(2,3)8(13)16-7-5-4-6-10(11,12)17(14)15/h4-7H2,1-3H3,(H,14,15)/p-1. The Labute approximate surface area is 102 Å². The molecule has 0 aliphatic carbocycles. The molecule has 4 nitrogen and oxygen atoms in total. The van der Waals surface area contributed by atoms with E-state index in [2.05, 4.69) is 0 Å². The summed E-state index contributed by atoms with van der Waals surface area (Å²) in [5.41, 5.74) is -0.625. The van der Waals surface area contributed by atoms with E-state index in [0.29, 0.717) is 0 Å². The van der Waals surface area contributed by atoms with Gasteiger partial charge in [0.1, 0.15) is 0 Å².